The number of carbonyl (C=O) groups is 1. The first kappa shape index (κ1) is 24.9. The second-order valence-corrected chi connectivity index (χ2v) is 9.07. The molecule has 1 unspecified atom stereocenters. The number of aryl methyl sites for hydroxylation is 1. The van der Waals surface area contributed by atoms with Gasteiger partial charge in [-0.25, -0.2) is 4.21 Å². The van der Waals surface area contributed by atoms with Gasteiger partial charge in [-0.1, -0.05) is 72.8 Å². The molecule has 0 aromatic heterocycles. The van der Waals surface area contributed by atoms with E-state index in [4.69, 9.17) is 5.73 Å². The van der Waals surface area contributed by atoms with E-state index in [1.165, 1.54) is 0 Å². The predicted octanol–water partition coefficient (Wildman–Crippen LogP) is 4.99. The van der Waals surface area contributed by atoms with Crippen LogP contribution in [0, 0.1) is 0 Å². The van der Waals surface area contributed by atoms with Crippen molar-refractivity contribution in [1.82, 2.24) is 0 Å². The Hall–Kier alpha value is -3.74. The molecule has 0 saturated carbocycles. The topological polar surface area (TPSA) is 104 Å². The van der Waals surface area contributed by atoms with Gasteiger partial charge in [0.15, 0.2) is 11.0 Å². The van der Waals surface area contributed by atoms with Crippen molar-refractivity contribution in [3.05, 3.63) is 114 Å². The number of ketones is 1. The highest BCUT2D eigenvalue weighted by atomic mass is 32.2. The van der Waals surface area contributed by atoms with Gasteiger partial charge in [0.1, 0.15) is 5.78 Å². The summed E-state index contributed by atoms with van der Waals surface area (Å²) in [6.07, 6.45) is 1.54. The Morgan fingerprint density at radius 1 is 0.794 bits per heavy atom. The van der Waals surface area contributed by atoms with Crippen molar-refractivity contribution in [2.75, 3.05) is 10.5 Å². The van der Waals surface area contributed by atoms with Gasteiger partial charge < -0.3 is 15.9 Å². The molecule has 34 heavy (non-hydrogen) atoms. The Bertz CT molecular complexity index is 1260. The molecule has 0 heterocycles. The van der Waals surface area contributed by atoms with E-state index in [-0.39, 0.29) is 11.3 Å². The maximum absolute atomic E-state index is 13.1. The SMILES string of the molecule is Nc1cccc(CCC(=O)Cc2ccc(NS(=O)c3ccccc3-c3ccccc3)cc2)c1.O. The van der Waals surface area contributed by atoms with E-state index in [1.807, 2.05) is 103 Å². The van der Waals surface area contributed by atoms with Crippen LogP contribution in [0.4, 0.5) is 11.4 Å². The molecular weight excluding hydrogens is 444 g/mol. The van der Waals surface area contributed by atoms with Crippen molar-refractivity contribution in [2.24, 2.45) is 0 Å². The third-order valence-electron chi connectivity index (χ3n) is 5.38. The van der Waals surface area contributed by atoms with Crippen LogP contribution in [0.25, 0.3) is 11.1 Å². The number of anilines is 2. The Morgan fingerprint density at radius 2 is 1.50 bits per heavy atom. The van der Waals surface area contributed by atoms with Gasteiger partial charge >= 0.3 is 0 Å². The van der Waals surface area contributed by atoms with E-state index < -0.39 is 11.0 Å². The monoisotopic (exact) mass is 472 g/mol. The van der Waals surface area contributed by atoms with Gasteiger partial charge in [-0.15, -0.1) is 0 Å². The number of benzene rings is 4. The fraction of sp³-hybridized carbons (Fsp3) is 0.107. The summed E-state index contributed by atoms with van der Waals surface area (Å²) in [5.41, 5.74) is 11.2. The molecule has 1 atom stereocenters. The molecule has 0 amide bonds. The number of hydrogen-bond donors (Lipinski definition) is 2. The molecule has 5 nitrogen and oxygen atoms in total. The summed E-state index contributed by atoms with van der Waals surface area (Å²) in [6, 6.07) is 32.8. The molecule has 0 radical (unpaired) electrons. The summed E-state index contributed by atoms with van der Waals surface area (Å²) in [7, 11) is -1.42. The standard InChI is InChI=1S/C28H26N2O2S.H2O/c29-24-10-6-7-21(19-24)15-18-26(31)20-22-13-16-25(17-14-22)30-33(32)28-12-5-4-11-27(28)23-8-2-1-3-9-23;/h1-14,16-17,19,30H,15,18,20,29H2;1H2. The van der Waals surface area contributed by atoms with Crippen molar-refractivity contribution in [3.8, 4) is 11.1 Å². The summed E-state index contributed by atoms with van der Waals surface area (Å²) in [5.74, 6) is 0.179. The zero-order valence-electron chi connectivity index (χ0n) is 18.7. The molecule has 0 aliphatic rings. The van der Waals surface area contributed by atoms with Crippen LogP contribution in [0.1, 0.15) is 17.5 Å². The molecule has 5 N–H and O–H groups in total. The van der Waals surface area contributed by atoms with E-state index in [2.05, 4.69) is 4.72 Å². The summed E-state index contributed by atoms with van der Waals surface area (Å²) >= 11 is 0. The second kappa shape index (κ2) is 11.9. The normalized spacial score (nSPS) is 11.3. The lowest BCUT2D eigenvalue weighted by atomic mass is 10.0. The minimum absolute atomic E-state index is 0. The highest BCUT2D eigenvalue weighted by Crippen LogP contribution is 2.26. The smallest absolute Gasteiger partial charge is 0.150 e. The van der Waals surface area contributed by atoms with E-state index in [0.29, 0.717) is 24.9 Å². The maximum Gasteiger partial charge on any atom is 0.150 e. The van der Waals surface area contributed by atoms with E-state index in [0.717, 1.165) is 32.8 Å². The van der Waals surface area contributed by atoms with Gasteiger partial charge in [-0.05, 0) is 59.0 Å². The predicted molar refractivity (Wildman–Crippen MR) is 140 cm³/mol. The molecule has 0 fully saturated rings. The number of carbonyl (C=O) groups excluding carboxylic acids is 1. The summed E-state index contributed by atoms with van der Waals surface area (Å²) in [6.45, 7) is 0. The Morgan fingerprint density at radius 3 is 2.24 bits per heavy atom. The van der Waals surface area contributed by atoms with Crippen molar-refractivity contribution in [2.45, 2.75) is 24.2 Å². The van der Waals surface area contributed by atoms with Crippen LogP contribution in [-0.4, -0.2) is 15.5 Å². The summed E-state index contributed by atoms with van der Waals surface area (Å²) in [4.78, 5) is 13.1. The highest BCUT2D eigenvalue weighted by molar-refractivity contribution is 7.86. The molecule has 0 spiro atoms. The van der Waals surface area contributed by atoms with Crippen LogP contribution in [0.5, 0.6) is 0 Å². The van der Waals surface area contributed by atoms with Crippen molar-refractivity contribution < 1.29 is 14.5 Å². The third kappa shape index (κ3) is 6.63. The second-order valence-electron chi connectivity index (χ2n) is 7.89. The van der Waals surface area contributed by atoms with Gasteiger partial charge in [0.05, 0.1) is 4.90 Å². The van der Waals surface area contributed by atoms with Crippen LogP contribution in [0.3, 0.4) is 0 Å². The van der Waals surface area contributed by atoms with Crippen LogP contribution < -0.4 is 10.5 Å². The van der Waals surface area contributed by atoms with Crippen molar-refractivity contribution in [3.63, 3.8) is 0 Å². The average molecular weight is 473 g/mol. The summed E-state index contributed by atoms with van der Waals surface area (Å²) < 4.78 is 16.1. The average Bonchev–Trinajstić information content (AvgIpc) is 2.84. The van der Waals surface area contributed by atoms with Crippen molar-refractivity contribution in [1.29, 1.82) is 0 Å². The van der Waals surface area contributed by atoms with E-state index in [9.17, 15) is 9.00 Å². The number of nitrogens with two attached hydrogens (primary N) is 1. The quantitative estimate of drug-likeness (QED) is 0.335. The van der Waals surface area contributed by atoms with E-state index in [1.54, 1.807) is 0 Å². The zero-order valence-corrected chi connectivity index (χ0v) is 19.6. The lowest BCUT2D eigenvalue weighted by Crippen LogP contribution is -2.07. The van der Waals surface area contributed by atoms with Crippen LogP contribution >= 0.6 is 0 Å². The molecule has 0 bridgehead atoms. The molecule has 6 heteroatoms. The fourth-order valence-electron chi connectivity index (χ4n) is 3.69. The molecule has 0 saturated heterocycles. The first-order valence-electron chi connectivity index (χ1n) is 10.9. The van der Waals surface area contributed by atoms with Gasteiger partial charge in [-0.3, -0.25) is 4.79 Å². The number of nitrogens with one attached hydrogen (secondary N) is 1. The lowest BCUT2D eigenvalue weighted by molar-refractivity contribution is -0.118. The number of hydrogen-bond acceptors (Lipinski definition) is 3. The largest absolute Gasteiger partial charge is 0.412 e. The number of rotatable bonds is 9. The molecule has 0 aliphatic heterocycles. The van der Waals surface area contributed by atoms with Crippen LogP contribution in [0.2, 0.25) is 0 Å². The lowest BCUT2D eigenvalue weighted by Gasteiger charge is -2.11. The van der Waals surface area contributed by atoms with Gasteiger partial charge in [-0.2, -0.15) is 0 Å². The van der Waals surface area contributed by atoms with Crippen LogP contribution in [0.15, 0.2) is 108 Å². The maximum atomic E-state index is 13.1. The highest BCUT2D eigenvalue weighted by Gasteiger charge is 2.12. The molecule has 4 rings (SSSR count). The van der Waals surface area contributed by atoms with Gasteiger partial charge in [0.25, 0.3) is 0 Å². The minimum atomic E-state index is -1.42. The van der Waals surface area contributed by atoms with Gasteiger partial charge in [0, 0.05) is 24.2 Å². The number of nitrogen functional groups attached to an aromatic ring is 1. The Labute approximate surface area is 202 Å². The fourth-order valence-corrected chi connectivity index (χ4v) is 4.73. The third-order valence-corrected chi connectivity index (χ3v) is 6.56. The first-order chi connectivity index (χ1) is 16.1. The molecule has 4 aromatic carbocycles. The van der Waals surface area contributed by atoms with Crippen molar-refractivity contribution >= 4 is 28.1 Å². The van der Waals surface area contributed by atoms with E-state index >= 15 is 0 Å². The molecular formula is C28H28N2O3S. The number of Topliss-reactive ketones (excluding diaryl/α,β-unsaturated/α-hetero) is 1. The Kier molecular flexibility index (Phi) is 8.73. The zero-order chi connectivity index (χ0) is 23.0. The Balaban J connectivity index is 0.00000324. The van der Waals surface area contributed by atoms with Gasteiger partial charge in [0.2, 0.25) is 0 Å². The van der Waals surface area contributed by atoms with Crippen LogP contribution in [-0.2, 0) is 28.6 Å². The summed E-state index contributed by atoms with van der Waals surface area (Å²) in [5, 5.41) is 0. The molecule has 4 aromatic rings. The first-order valence-corrected chi connectivity index (χ1v) is 12.0. The molecule has 174 valence electrons. The minimum Gasteiger partial charge on any atom is -0.412 e. The molecule has 0 aliphatic carbocycles.